The van der Waals surface area contributed by atoms with Crippen LogP contribution in [-0.2, 0) is 6.42 Å². The van der Waals surface area contributed by atoms with Gasteiger partial charge in [-0.1, -0.05) is 25.1 Å². The number of hydrogen-bond acceptors (Lipinski definition) is 5. The van der Waals surface area contributed by atoms with E-state index in [1.165, 1.54) is 0 Å². The van der Waals surface area contributed by atoms with Gasteiger partial charge in [0.25, 0.3) is 0 Å². The number of urea groups is 1. The lowest BCUT2D eigenvalue weighted by molar-refractivity contribution is 0.252. The Morgan fingerprint density at radius 2 is 1.93 bits per heavy atom. The Kier molecular flexibility index (Phi) is 6.04. The van der Waals surface area contributed by atoms with Crippen molar-refractivity contribution >= 4 is 28.4 Å². The highest BCUT2D eigenvalue weighted by Crippen LogP contribution is 2.20. The van der Waals surface area contributed by atoms with E-state index in [2.05, 4.69) is 25.9 Å². The SMILES string of the molecule is CCc1nc(NCCNC(=O)Nc2cccc(OC)c2)c2ccccc2n1. The van der Waals surface area contributed by atoms with E-state index in [1.54, 1.807) is 19.2 Å². The van der Waals surface area contributed by atoms with Gasteiger partial charge in [0.1, 0.15) is 17.4 Å². The van der Waals surface area contributed by atoms with Crippen molar-refractivity contribution in [2.75, 3.05) is 30.8 Å². The lowest BCUT2D eigenvalue weighted by Gasteiger charge is -2.12. The first kappa shape index (κ1) is 18.4. The number of ether oxygens (including phenoxy) is 1. The molecule has 7 nitrogen and oxygen atoms in total. The summed E-state index contributed by atoms with van der Waals surface area (Å²) in [5, 5.41) is 9.85. The van der Waals surface area contributed by atoms with E-state index in [1.807, 2.05) is 43.3 Å². The second-order valence-corrected chi connectivity index (χ2v) is 5.90. The summed E-state index contributed by atoms with van der Waals surface area (Å²) in [6, 6.07) is 14.8. The van der Waals surface area contributed by atoms with Crippen LogP contribution < -0.4 is 20.7 Å². The molecule has 0 spiro atoms. The fourth-order valence-electron chi connectivity index (χ4n) is 2.65. The minimum atomic E-state index is -0.271. The molecule has 0 unspecified atom stereocenters. The molecule has 0 saturated heterocycles. The standard InChI is InChI=1S/C20H23N5O2/c1-3-18-24-17-10-5-4-9-16(17)19(25-18)21-11-12-22-20(26)23-14-7-6-8-15(13-14)27-2/h4-10,13H,3,11-12H2,1-2H3,(H,21,24,25)(H2,22,23,26). The number of aromatic nitrogens is 2. The van der Waals surface area contributed by atoms with Crippen LogP contribution in [0.15, 0.2) is 48.5 Å². The van der Waals surface area contributed by atoms with Crippen molar-refractivity contribution in [3.05, 3.63) is 54.4 Å². The number of anilines is 2. The molecule has 0 aliphatic rings. The first-order chi connectivity index (χ1) is 13.2. The van der Waals surface area contributed by atoms with Gasteiger partial charge in [-0.25, -0.2) is 14.8 Å². The molecule has 0 saturated carbocycles. The minimum absolute atomic E-state index is 0.271. The van der Waals surface area contributed by atoms with Crippen LogP contribution in [0.2, 0.25) is 0 Å². The molecule has 0 atom stereocenters. The van der Waals surface area contributed by atoms with E-state index in [0.29, 0.717) is 24.5 Å². The van der Waals surface area contributed by atoms with Crippen LogP contribution in [0.3, 0.4) is 0 Å². The lowest BCUT2D eigenvalue weighted by atomic mass is 10.2. The summed E-state index contributed by atoms with van der Waals surface area (Å²) < 4.78 is 5.14. The summed E-state index contributed by atoms with van der Waals surface area (Å²) in [6.07, 6.45) is 0.765. The maximum absolute atomic E-state index is 12.0. The molecule has 0 aliphatic heterocycles. The molecule has 3 rings (SSSR count). The number of nitrogens with one attached hydrogen (secondary N) is 3. The molecule has 0 fully saturated rings. The predicted octanol–water partition coefficient (Wildman–Crippen LogP) is 3.43. The summed E-state index contributed by atoms with van der Waals surface area (Å²) in [7, 11) is 1.59. The average Bonchev–Trinajstić information content (AvgIpc) is 2.71. The van der Waals surface area contributed by atoms with Crippen LogP contribution in [-0.4, -0.2) is 36.2 Å². The monoisotopic (exact) mass is 365 g/mol. The Hall–Kier alpha value is -3.35. The molecule has 2 amide bonds. The number of benzene rings is 2. The van der Waals surface area contributed by atoms with Crippen molar-refractivity contribution in [1.29, 1.82) is 0 Å². The number of hydrogen-bond donors (Lipinski definition) is 3. The van der Waals surface area contributed by atoms with Crippen LogP contribution >= 0.6 is 0 Å². The molecule has 3 aromatic rings. The summed E-state index contributed by atoms with van der Waals surface area (Å²) in [5.74, 6) is 2.27. The van der Waals surface area contributed by atoms with Gasteiger partial charge >= 0.3 is 6.03 Å². The summed E-state index contributed by atoms with van der Waals surface area (Å²) in [4.78, 5) is 21.1. The smallest absolute Gasteiger partial charge is 0.319 e. The first-order valence-electron chi connectivity index (χ1n) is 8.88. The Labute approximate surface area is 158 Å². The maximum atomic E-state index is 12.0. The fourth-order valence-corrected chi connectivity index (χ4v) is 2.65. The van der Waals surface area contributed by atoms with Crippen molar-refractivity contribution in [1.82, 2.24) is 15.3 Å². The number of carbonyl (C=O) groups excluding carboxylic acids is 1. The topological polar surface area (TPSA) is 88.2 Å². The largest absolute Gasteiger partial charge is 0.497 e. The fraction of sp³-hybridized carbons (Fsp3) is 0.250. The quantitative estimate of drug-likeness (QED) is 0.558. The molecule has 1 aromatic heterocycles. The number of methoxy groups -OCH3 is 1. The first-order valence-corrected chi connectivity index (χ1v) is 8.88. The van der Waals surface area contributed by atoms with Crippen molar-refractivity contribution in [2.45, 2.75) is 13.3 Å². The second kappa shape index (κ2) is 8.84. The second-order valence-electron chi connectivity index (χ2n) is 5.90. The number of amides is 2. The molecular weight excluding hydrogens is 342 g/mol. The van der Waals surface area contributed by atoms with E-state index in [4.69, 9.17) is 4.74 Å². The van der Waals surface area contributed by atoms with Gasteiger partial charge in [-0.2, -0.15) is 0 Å². The summed E-state index contributed by atoms with van der Waals surface area (Å²) in [5.41, 5.74) is 1.59. The van der Waals surface area contributed by atoms with Gasteiger partial charge in [-0.05, 0) is 24.3 Å². The summed E-state index contributed by atoms with van der Waals surface area (Å²) >= 11 is 0. The molecule has 3 N–H and O–H groups in total. The molecule has 140 valence electrons. The third kappa shape index (κ3) is 4.84. The molecule has 2 aromatic carbocycles. The zero-order valence-corrected chi connectivity index (χ0v) is 15.5. The predicted molar refractivity (Wildman–Crippen MR) is 107 cm³/mol. The third-order valence-electron chi connectivity index (χ3n) is 4.00. The van der Waals surface area contributed by atoms with Crippen LogP contribution in [0.1, 0.15) is 12.7 Å². The number of fused-ring (bicyclic) bond motifs is 1. The summed E-state index contributed by atoms with van der Waals surface area (Å²) in [6.45, 7) is 3.03. The number of para-hydroxylation sites is 1. The van der Waals surface area contributed by atoms with E-state index < -0.39 is 0 Å². The molecule has 0 radical (unpaired) electrons. The molecule has 1 heterocycles. The highest BCUT2D eigenvalue weighted by Gasteiger charge is 2.07. The van der Waals surface area contributed by atoms with Gasteiger partial charge in [0.2, 0.25) is 0 Å². The number of carbonyl (C=O) groups is 1. The highest BCUT2D eigenvalue weighted by molar-refractivity contribution is 5.90. The van der Waals surface area contributed by atoms with E-state index in [-0.39, 0.29) is 6.03 Å². The molecule has 0 bridgehead atoms. The van der Waals surface area contributed by atoms with Gasteiger partial charge < -0.3 is 20.7 Å². The van der Waals surface area contributed by atoms with Crippen molar-refractivity contribution in [3.8, 4) is 5.75 Å². The number of aryl methyl sites for hydroxylation is 1. The van der Waals surface area contributed by atoms with Crippen molar-refractivity contribution < 1.29 is 9.53 Å². The highest BCUT2D eigenvalue weighted by atomic mass is 16.5. The zero-order valence-electron chi connectivity index (χ0n) is 15.5. The molecule has 7 heteroatoms. The van der Waals surface area contributed by atoms with Crippen molar-refractivity contribution in [2.24, 2.45) is 0 Å². The molecule has 0 aliphatic carbocycles. The normalized spacial score (nSPS) is 10.4. The van der Waals surface area contributed by atoms with Gasteiger partial charge in [0.05, 0.1) is 12.6 Å². The van der Waals surface area contributed by atoms with E-state index in [9.17, 15) is 4.79 Å². The number of nitrogens with zero attached hydrogens (tertiary/aromatic N) is 2. The minimum Gasteiger partial charge on any atom is -0.497 e. The molecule has 27 heavy (non-hydrogen) atoms. The van der Waals surface area contributed by atoms with Crippen molar-refractivity contribution in [3.63, 3.8) is 0 Å². The van der Waals surface area contributed by atoms with Crippen LogP contribution in [0.5, 0.6) is 5.75 Å². The van der Waals surface area contributed by atoms with Crippen LogP contribution in [0.25, 0.3) is 10.9 Å². The Bertz CT molecular complexity index is 929. The van der Waals surface area contributed by atoms with E-state index >= 15 is 0 Å². The Morgan fingerprint density at radius 3 is 2.74 bits per heavy atom. The Balaban J connectivity index is 1.54. The van der Waals surface area contributed by atoms with Gasteiger partial charge in [0.15, 0.2) is 0 Å². The maximum Gasteiger partial charge on any atom is 0.319 e. The van der Waals surface area contributed by atoms with Gasteiger partial charge in [0, 0.05) is 36.7 Å². The molecular formula is C20H23N5O2. The van der Waals surface area contributed by atoms with Gasteiger partial charge in [-0.3, -0.25) is 0 Å². The Morgan fingerprint density at radius 1 is 1.07 bits per heavy atom. The van der Waals surface area contributed by atoms with E-state index in [0.717, 1.165) is 29.0 Å². The number of rotatable bonds is 7. The average molecular weight is 365 g/mol. The lowest BCUT2D eigenvalue weighted by Crippen LogP contribution is -2.32. The third-order valence-corrected chi connectivity index (χ3v) is 4.00. The zero-order chi connectivity index (χ0) is 19.1. The van der Waals surface area contributed by atoms with Gasteiger partial charge in [-0.15, -0.1) is 0 Å². The van der Waals surface area contributed by atoms with Crippen LogP contribution in [0, 0.1) is 0 Å². The van der Waals surface area contributed by atoms with Crippen LogP contribution in [0.4, 0.5) is 16.3 Å².